The van der Waals surface area contributed by atoms with Gasteiger partial charge in [0.05, 0.1) is 11.5 Å². The van der Waals surface area contributed by atoms with Gasteiger partial charge in [0.15, 0.2) is 0 Å². The topological polar surface area (TPSA) is 135 Å². The predicted octanol–water partition coefficient (Wildman–Crippen LogP) is 2.11. The molecule has 2 aromatic heterocycles. The monoisotopic (exact) mass is 464 g/mol. The molecule has 0 spiro atoms. The minimum atomic E-state index is -3.79. The van der Waals surface area contributed by atoms with Crippen molar-refractivity contribution in [1.82, 2.24) is 19.3 Å². The van der Waals surface area contributed by atoms with Crippen LogP contribution in [0.2, 0.25) is 5.02 Å². The number of aliphatic hydroxyl groups excluding tert-OH is 1. The summed E-state index contributed by atoms with van der Waals surface area (Å²) in [4.78, 5) is 8.84. The standard InChI is InChI=1S/C20H25ClN6O3S/c1-12-6-15(21)3-2-13(12)9-23-19-17-4-5-27(20(17)25-11-24-19)16-7-14(18(28)8-16)10-26-31(22,29)30/h2-6,11,14,16,18,26,28H,7-10H2,1H3,(H2,22,29,30)(H,23,24,25)/t14-,16+,18-/m0/s1. The van der Waals surface area contributed by atoms with Gasteiger partial charge in [-0.15, -0.1) is 0 Å². The molecule has 9 nitrogen and oxygen atoms in total. The number of nitrogens with two attached hydrogens (primary N) is 1. The Morgan fingerprint density at radius 2 is 2.10 bits per heavy atom. The van der Waals surface area contributed by atoms with Gasteiger partial charge in [-0.1, -0.05) is 17.7 Å². The molecule has 5 N–H and O–H groups in total. The van der Waals surface area contributed by atoms with Gasteiger partial charge in [-0.2, -0.15) is 8.42 Å². The Labute approximate surface area is 185 Å². The third-order valence-electron chi connectivity index (χ3n) is 5.83. The molecule has 2 heterocycles. The van der Waals surface area contributed by atoms with Crippen LogP contribution in [0.5, 0.6) is 0 Å². The lowest BCUT2D eigenvalue weighted by Crippen LogP contribution is -2.36. The molecule has 3 atom stereocenters. The highest BCUT2D eigenvalue weighted by Gasteiger charge is 2.35. The summed E-state index contributed by atoms with van der Waals surface area (Å²) in [6.45, 7) is 2.73. The average Bonchev–Trinajstić information content (AvgIpc) is 3.28. The second-order valence-corrected chi connectivity index (χ2v) is 9.77. The zero-order valence-corrected chi connectivity index (χ0v) is 18.6. The number of nitrogens with zero attached hydrogens (tertiary/aromatic N) is 3. The number of benzene rings is 1. The number of fused-ring (bicyclic) bond motifs is 1. The van der Waals surface area contributed by atoms with Gasteiger partial charge < -0.3 is 15.0 Å². The fraction of sp³-hybridized carbons (Fsp3) is 0.400. The van der Waals surface area contributed by atoms with Gasteiger partial charge in [0.2, 0.25) is 0 Å². The van der Waals surface area contributed by atoms with E-state index in [4.69, 9.17) is 16.7 Å². The van der Waals surface area contributed by atoms with Gasteiger partial charge in [0, 0.05) is 36.3 Å². The lowest BCUT2D eigenvalue weighted by Gasteiger charge is -2.15. The van der Waals surface area contributed by atoms with Gasteiger partial charge in [-0.3, -0.25) is 0 Å². The van der Waals surface area contributed by atoms with Gasteiger partial charge in [-0.25, -0.2) is 19.8 Å². The molecule has 0 amide bonds. The third-order valence-corrected chi connectivity index (χ3v) is 6.64. The van der Waals surface area contributed by atoms with Crippen molar-refractivity contribution in [1.29, 1.82) is 0 Å². The summed E-state index contributed by atoms with van der Waals surface area (Å²) in [5.74, 6) is 0.511. The normalized spacial score (nSPS) is 21.6. The molecule has 3 aromatic rings. The highest BCUT2D eigenvalue weighted by Crippen LogP contribution is 2.37. The number of aromatic nitrogens is 3. The van der Waals surface area contributed by atoms with Crippen LogP contribution in [-0.2, 0) is 16.8 Å². The van der Waals surface area contributed by atoms with E-state index >= 15 is 0 Å². The van der Waals surface area contributed by atoms with Crippen LogP contribution in [-0.4, -0.2) is 40.7 Å². The Bertz CT molecular complexity index is 1200. The van der Waals surface area contributed by atoms with Crippen molar-refractivity contribution in [2.75, 3.05) is 11.9 Å². The summed E-state index contributed by atoms with van der Waals surface area (Å²) in [5, 5.41) is 20.4. The average molecular weight is 465 g/mol. The first kappa shape index (κ1) is 22.0. The van der Waals surface area contributed by atoms with E-state index in [1.165, 1.54) is 6.33 Å². The van der Waals surface area contributed by atoms with Crippen LogP contribution in [0.3, 0.4) is 0 Å². The summed E-state index contributed by atoms with van der Waals surface area (Å²) in [6.07, 6.45) is 3.96. The molecule has 166 valence electrons. The molecule has 4 rings (SSSR count). The van der Waals surface area contributed by atoms with E-state index in [2.05, 4.69) is 20.0 Å². The predicted molar refractivity (Wildman–Crippen MR) is 120 cm³/mol. The van der Waals surface area contributed by atoms with E-state index in [9.17, 15) is 13.5 Å². The second-order valence-electron chi connectivity index (χ2n) is 7.95. The van der Waals surface area contributed by atoms with Crippen LogP contribution in [0, 0.1) is 12.8 Å². The van der Waals surface area contributed by atoms with Gasteiger partial charge >= 0.3 is 0 Å². The highest BCUT2D eigenvalue weighted by molar-refractivity contribution is 7.87. The maximum atomic E-state index is 11.2. The van der Waals surface area contributed by atoms with Crippen molar-refractivity contribution in [3.8, 4) is 0 Å². The second kappa shape index (κ2) is 8.71. The molecule has 11 heteroatoms. The third kappa shape index (κ3) is 4.99. The number of anilines is 1. The molecular weight excluding hydrogens is 440 g/mol. The van der Waals surface area contributed by atoms with Crippen LogP contribution < -0.4 is 15.2 Å². The van der Waals surface area contributed by atoms with Crippen molar-refractivity contribution in [2.45, 2.75) is 38.5 Å². The van der Waals surface area contributed by atoms with E-state index in [1.807, 2.05) is 42.0 Å². The van der Waals surface area contributed by atoms with E-state index in [-0.39, 0.29) is 18.5 Å². The molecule has 1 saturated carbocycles. The van der Waals surface area contributed by atoms with E-state index in [0.717, 1.165) is 28.0 Å². The molecule has 0 bridgehead atoms. The van der Waals surface area contributed by atoms with Crippen LogP contribution in [0.4, 0.5) is 5.82 Å². The van der Waals surface area contributed by atoms with E-state index in [0.29, 0.717) is 24.4 Å². The zero-order chi connectivity index (χ0) is 22.2. The first-order valence-corrected chi connectivity index (χ1v) is 11.9. The first-order chi connectivity index (χ1) is 14.7. The van der Waals surface area contributed by atoms with Crippen molar-refractivity contribution in [2.24, 2.45) is 11.1 Å². The van der Waals surface area contributed by atoms with E-state index < -0.39 is 16.3 Å². The SMILES string of the molecule is Cc1cc(Cl)ccc1CNc1ncnc2c1ccn2[C@@H]1C[C@@H](CNS(N)(=O)=O)[C@@H](O)C1. The Morgan fingerprint density at radius 3 is 2.84 bits per heavy atom. The first-order valence-electron chi connectivity index (χ1n) is 9.97. The lowest BCUT2D eigenvalue weighted by atomic mass is 10.1. The smallest absolute Gasteiger partial charge is 0.274 e. The maximum Gasteiger partial charge on any atom is 0.274 e. The lowest BCUT2D eigenvalue weighted by molar-refractivity contribution is 0.133. The summed E-state index contributed by atoms with van der Waals surface area (Å²) >= 11 is 6.04. The molecule has 0 radical (unpaired) electrons. The molecule has 0 unspecified atom stereocenters. The van der Waals surface area contributed by atoms with Gasteiger partial charge in [0.1, 0.15) is 17.8 Å². The quantitative estimate of drug-likeness (QED) is 0.423. The van der Waals surface area contributed by atoms with Crippen molar-refractivity contribution >= 4 is 38.7 Å². The number of rotatable bonds is 7. The number of aryl methyl sites for hydroxylation is 1. The number of nitrogens with one attached hydrogen (secondary N) is 2. The fourth-order valence-electron chi connectivity index (χ4n) is 4.19. The summed E-state index contributed by atoms with van der Waals surface area (Å²) in [5.41, 5.74) is 2.99. The molecule has 1 aliphatic rings. The molecule has 1 fully saturated rings. The van der Waals surface area contributed by atoms with Crippen LogP contribution >= 0.6 is 11.6 Å². The van der Waals surface area contributed by atoms with Crippen LogP contribution in [0.25, 0.3) is 11.0 Å². The molecule has 1 aliphatic carbocycles. The fourth-order valence-corrected chi connectivity index (χ4v) is 4.86. The Hall–Kier alpha value is -2.24. The highest BCUT2D eigenvalue weighted by atomic mass is 35.5. The Kier molecular flexibility index (Phi) is 6.18. The van der Waals surface area contributed by atoms with E-state index in [1.54, 1.807) is 0 Å². The van der Waals surface area contributed by atoms with Gasteiger partial charge in [0.25, 0.3) is 10.2 Å². The van der Waals surface area contributed by atoms with Crippen molar-refractivity contribution < 1.29 is 13.5 Å². The number of halogens is 1. The molecule has 1 aromatic carbocycles. The summed E-state index contributed by atoms with van der Waals surface area (Å²) < 4.78 is 26.6. The minimum Gasteiger partial charge on any atom is -0.393 e. The molecule has 0 aliphatic heterocycles. The largest absolute Gasteiger partial charge is 0.393 e. The zero-order valence-electron chi connectivity index (χ0n) is 17.0. The summed E-state index contributed by atoms with van der Waals surface area (Å²) in [6, 6.07) is 7.74. The molecular formula is C20H25ClN6O3S. The van der Waals surface area contributed by atoms with Crippen LogP contribution in [0.15, 0.2) is 36.8 Å². The Morgan fingerprint density at radius 1 is 1.29 bits per heavy atom. The number of hydrogen-bond donors (Lipinski definition) is 4. The number of aliphatic hydroxyl groups is 1. The van der Waals surface area contributed by atoms with Crippen LogP contribution in [0.1, 0.15) is 30.0 Å². The van der Waals surface area contributed by atoms with Gasteiger partial charge in [-0.05, 0) is 49.1 Å². The number of hydrogen-bond acceptors (Lipinski definition) is 6. The molecule has 31 heavy (non-hydrogen) atoms. The maximum absolute atomic E-state index is 11.2. The molecule has 0 saturated heterocycles. The van der Waals surface area contributed by atoms with Crippen molar-refractivity contribution in [3.63, 3.8) is 0 Å². The van der Waals surface area contributed by atoms with Crippen molar-refractivity contribution in [3.05, 3.63) is 52.9 Å². The minimum absolute atomic E-state index is 0.000961. The summed E-state index contributed by atoms with van der Waals surface area (Å²) in [7, 11) is -3.79. The Balaban J connectivity index is 1.51.